The molecule has 2 aromatic rings. The molecule has 0 aliphatic rings. The highest BCUT2D eigenvalue weighted by Gasteiger charge is 2.15. The van der Waals surface area contributed by atoms with Crippen molar-refractivity contribution in [2.75, 3.05) is 14.2 Å². The van der Waals surface area contributed by atoms with Gasteiger partial charge in [-0.1, -0.05) is 40.2 Å². The van der Waals surface area contributed by atoms with E-state index in [9.17, 15) is 5.11 Å². The molecule has 0 spiro atoms. The lowest BCUT2D eigenvalue weighted by atomic mass is 10.0. The zero-order valence-corrected chi connectivity index (χ0v) is 12.3. The van der Waals surface area contributed by atoms with E-state index >= 15 is 0 Å². The van der Waals surface area contributed by atoms with E-state index in [0.717, 1.165) is 15.6 Å². The zero-order valence-electron chi connectivity index (χ0n) is 10.8. The third-order valence-electron chi connectivity index (χ3n) is 2.92. The number of hydrogen-bond acceptors (Lipinski definition) is 3. The van der Waals surface area contributed by atoms with Gasteiger partial charge in [-0.25, -0.2) is 0 Å². The molecule has 0 amide bonds. The van der Waals surface area contributed by atoms with E-state index in [-0.39, 0.29) is 0 Å². The van der Waals surface area contributed by atoms with E-state index in [2.05, 4.69) is 15.9 Å². The van der Waals surface area contributed by atoms with Crippen molar-refractivity contribution in [3.63, 3.8) is 0 Å². The van der Waals surface area contributed by atoms with Gasteiger partial charge in [0.2, 0.25) is 0 Å². The Morgan fingerprint density at radius 1 is 1.00 bits per heavy atom. The number of ether oxygens (including phenoxy) is 2. The molecule has 4 heteroatoms. The van der Waals surface area contributed by atoms with Gasteiger partial charge in [0, 0.05) is 4.47 Å². The van der Waals surface area contributed by atoms with Crippen LogP contribution >= 0.6 is 15.9 Å². The molecule has 0 unspecified atom stereocenters. The van der Waals surface area contributed by atoms with Gasteiger partial charge in [0.15, 0.2) is 11.5 Å². The van der Waals surface area contributed by atoms with E-state index in [1.54, 1.807) is 26.4 Å². The Hall–Kier alpha value is -1.52. The van der Waals surface area contributed by atoms with Crippen molar-refractivity contribution in [1.82, 2.24) is 0 Å². The molecule has 2 aromatic carbocycles. The van der Waals surface area contributed by atoms with Crippen LogP contribution in [0.4, 0.5) is 0 Å². The second kappa shape index (κ2) is 6.08. The van der Waals surface area contributed by atoms with Crippen molar-refractivity contribution in [2.24, 2.45) is 0 Å². The molecule has 1 N–H and O–H groups in total. The van der Waals surface area contributed by atoms with Crippen LogP contribution in [0.3, 0.4) is 0 Å². The van der Waals surface area contributed by atoms with Gasteiger partial charge >= 0.3 is 0 Å². The summed E-state index contributed by atoms with van der Waals surface area (Å²) in [5, 5.41) is 10.4. The van der Waals surface area contributed by atoms with Gasteiger partial charge in [0.05, 0.1) is 14.2 Å². The van der Waals surface area contributed by atoms with Crippen LogP contribution in [0.15, 0.2) is 46.9 Å². The molecule has 3 nitrogen and oxygen atoms in total. The molecule has 0 aliphatic heterocycles. The van der Waals surface area contributed by atoms with Crippen LogP contribution in [0.1, 0.15) is 17.2 Å². The van der Waals surface area contributed by atoms with E-state index in [1.165, 1.54) is 0 Å². The molecule has 0 bridgehead atoms. The molecule has 100 valence electrons. The lowest BCUT2D eigenvalue weighted by molar-refractivity contribution is 0.218. The second-order valence-electron chi connectivity index (χ2n) is 4.04. The molecular weight excluding hydrogens is 308 g/mol. The first-order valence-electron chi connectivity index (χ1n) is 5.81. The summed E-state index contributed by atoms with van der Waals surface area (Å²) in [4.78, 5) is 0. The Morgan fingerprint density at radius 2 is 1.68 bits per heavy atom. The average molecular weight is 323 g/mol. The Morgan fingerprint density at radius 3 is 2.32 bits per heavy atom. The van der Waals surface area contributed by atoms with Gasteiger partial charge in [0.25, 0.3) is 0 Å². The Balaban J connectivity index is 2.39. The van der Waals surface area contributed by atoms with Crippen molar-refractivity contribution in [2.45, 2.75) is 6.10 Å². The summed E-state index contributed by atoms with van der Waals surface area (Å²) in [6.45, 7) is 0. The highest BCUT2D eigenvalue weighted by atomic mass is 79.9. The average Bonchev–Trinajstić information content (AvgIpc) is 2.46. The summed E-state index contributed by atoms with van der Waals surface area (Å²) >= 11 is 3.44. The van der Waals surface area contributed by atoms with E-state index < -0.39 is 6.10 Å². The number of halogens is 1. The van der Waals surface area contributed by atoms with Crippen LogP contribution in [0.5, 0.6) is 11.5 Å². The molecule has 0 fully saturated rings. The largest absolute Gasteiger partial charge is 0.493 e. The van der Waals surface area contributed by atoms with Gasteiger partial charge in [-0.05, 0) is 29.3 Å². The van der Waals surface area contributed by atoms with Crippen LogP contribution in [0, 0.1) is 0 Å². The van der Waals surface area contributed by atoms with Crippen molar-refractivity contribution in [1.29, 1.82) is 0 Å². The maximum Gasteiger partial charge on any atom is 0.161 e. The lowest BCUT2D eigenvalue weighted by Crippen LogP contribution is -2.01. The topological polar surface area (TPSA) is 38.7 Å². The summed E-state index contributed by atoms with van der Waals surface area (Å²) in [7, 11) is 3.16. The third kappa shape index (κ3) is 2.91. The molecule has 0 aliphatic carbocycles. The predicted octanol–water partition coefficient (Wildman–Crippen LogP) is 3.55. The third-order valence-corrected chi connectivity index (χ3v) is 3.65. The first kappa shape index (κ1) is 13.9. The molecule has 0 heterocycles. The Labute approximate surface area is 120 Å². The second-order valence-corrected chi connectivity index (χ2v) is 4.89. The molecule has 0 aromatic heterocycles. The highest BCUT2D eigenvalue weighted by molar-refractivity contribution is 9.10. The van der Waals surface area contributed by atoms with Crippen LogP contribution in [-0.2, 0) is 0 Å². The predicted molar refractivity (Wildman–Crippen MR) is 77.7 cm³/mol. The lowest BCUT2D eigenvalue weighted by Gasteiger charge is -2.15. The van der Waals surface area contributed by atoms with Crippen LogP contribution in [0.2, 0.25) is 0 Å². The minimum Gasteiger partial charge on any atom is -0.493 e. The molecular formula is C15H15BrO3. The molecule has 0 saturated carbocycles. The summed E-state index contributed by atoms with van der Waals surface area (Å²) in [6, 6.07) is 13.0. The van der Waals surface area contributed by atoms with Crippen molar-refractivity contribution >= 4 is 15.9 Å². The minimum atomic E-state index is -0.713. The van der Waals surface area contributed by atoms with E-state index in [0.29, 0.717) is 11.5 Å². The summed E-state index contributed by atoms with van der Waals surface area (Å²) in [5.74, 6) is 1.25. The first-order valence-corrected chi connectivity index (χ1v) is 6.61. The number of aliphatic hydroxyl groups excluding tert-OH is 1. The normalized spacial score (nSPS) is 12.0. The SMILES string of the molecule is COc1ccc([C@@H](O)c2ccccc2Br)cc1OC. The summed E-state index contributed by atoms with van der Waals surface area (Å²) in [5.41, 5.74) is 1.57. The molecule has 2 rings (SSSR count). The fourth-order valence-corrected chi connectivity index (χ4v) is 2.40. The smallest absolute Gasteiger partial charge is 0.161 e. The fourth-order valence-electron chi connectivity index (χ4n) is 1.90. The standard InChI is InChI=1S/C15H15BrO3/c1-18-13-8-7-10(9-14(13)19-2)15(17)11-5-3-4-6-12(11)16/h3-9,15,17H,1-2H3/t15-/m1/s1. The number of rotatable bonds is 4. The maximum absolute atomic E-state index is 10.4. The van der Waals surface area contributed by atoms with Gasteiger partial charge < -0.3 is 14.6 Å². The minimum absolute atomic E-state index is 0.603. The number of benzene rings is 2. The Bertz CT molecular complexity index is 569. The van der Waals surface area contributed by atoms with Gasteiger partial charge in [-0.2, -0.15) is 0 Å². The molecule has 19 heavy (non-hydrogen) atoms. The van der Waals surface area contributed by atoms with Gasteiger partial charge in [-0.15, -0.1) is 0 Å². The number of methoxy groups -OCH3 is 2. The highest BCUT2D eigenvalue weighted by Crippen LogP contribution is 2.34. The van der Waals surface area contributed by atoms with E-state index in [4.69, 9.17) is 9.47 Å². The van der Waals surface area contributed by atoms with Crippen molar-refractivity contribution in [3.8, 4) is 11.5 Å². The first-order chi connectivity index (χ1) is 9.17. The Kier molecular flexibility index (Phi) is 4.45. The zero-order chi connectivity index (χ0) is 13.8. The number of aliphatic hydroxyl groups is 1. The van der Waals surface area contributed by atoms with Gasteiger partial charge in [0.1, 0.15) is 6.10 Å². The maximum atomic E-state index is 10.4. The number of hydrogen-bond donors (Lipinski definition) is 1. The van der Waals surface area contributed by atoms with Crippen LogP contribution in [0.25, 0.3) is 0 Å². The molecule has 0 radical (unpaired) electrons. The van der Waals surface area contributed by atoms with Crippen LogP contribution in [-0.4, -0.2) is 19.3 Å². The van der Waals surface area contributed by atoms with Crippen molar-refractivity contribution < 1.29 is 14.6 Å². The fraction of sp³-hybridized carbons (Fsp3) is 0.200. The van der Waals surface area contributed by atoms with Crippen LogP contribution < -0.4 is 9.47 Å². The summed E-state index contributed by atoms with van der Waals surface area (Å²) < 4.78 is 11.3. The monoisotopic (exact) mass is 322 g/mol. The molecule has 0 saturated heterocycles. The van der Waals surface area contributed by atoms with Crippen molar-refractivity contribution in [3.05, 3.63) is 58.1 Å². The summed E-state index contributed by atoms with van der Waals surface area (Å²) in [6.07, 6.45) is -0.713. The van der Waals surface area contributed by atoms with Gasteiger partial charge in [-0.3, -0.25) is 0 Å². The molecule has 1 atom stereocenters. The van der Waals surface area contributed by atoms with E-state index in [1.807, 2.05) is 30.3 Å². The quantitative estimate of drug-likeness (QED) is 0.935.